The number of aliphatic carboxylic acids is 1. The zero-order valence-corrected chi connectivity index (χ0v) is 13.0. The Labute approximate surface area is 124 Å². The molecule has 0 spiro atoms. The number of hydrogen-bond acceptors (Lipinski definition) is 4. The van der Waals surface area contributed by atoms with Crippen LogP contribution < -0.4 is 34.7 Å². The van der Waals surface area contributed by atoms with Gasteiger partial charge in [-0.15, -0.1) is 0 Å². The summed E-state index contributed by atoms with van der Waals surface area (Å²) in [6, 6.07) is 0. The zero-order chi connectivity index (χ0) is 12.3. The van der Waals surface area contributed by atoms with Gasteiger partial charge in [-0.2, -0.15) is 0 Å². The van der Waals surface area contributed by atoms with Gasteiger partial charge < -0.3 is 19.5 Å². The van der Waals surface area contributed by atoms with Crippen molar-refractivity contribution in [1.29, 1.82) is 0 Å². The molecule has 1 rings (SSSR count). The number of ether oxygens (including phenoxy) is 1. The number of rotatable bonds is 1. The van der Waals surface area contributed by atoms with Gasteiger partial charge in [0.1, 0.15) is 5.60 Å². The van der Waals surface area contributed by atoms with Gasteiger partial charge in [0.2, 0.25) is 0 Å². The molecule has 1 aliphatic rings. The Morgan fingerprint density at radius 2 is 1.71 bits per heavy atom. The molecule has 0 saturated carbocycles. The van der Waals surface area contributed by atoms with E-state index in [9.17, 15) is 14.7 Å². The first-order chi connectivity index (χ1) is 7.29. The number of carboxylic acids is 1. The van der Waals surface area contributed by atoms with Gasteiger partial charge in [0.05, 0.1) is 0 Å². The van der Waals surface area contributed by atoms with Crippen molar-refractivity contribution in [1.82, 2.24) is 4.90 Å². The predicted molar refractivity (Wildman–Crippen MR) is 55.5 cm³/mol. The van der Waals surface area contributed by atoms with Crippen molar-refractivity contribution in [2.24, 2.45) is 5.92 Å². The summed E-state index contributed by atoms with van der Waals surface area (Å²) >= 11 is 0. The van der Waals surface area contributed by atoms with Crippen molar-refractivity contribution in [3.63, 3.8) is 0 Å². The fourth-order valence-electron chi connectivity index (χ4n) is 1.62. The molecule has 1 aliphatic heterocycles. The van der Waals surface area contributed by atoms with Gasteiger partial charge in [0.15, 0.2) is 0 Å². The summed E-state index contributed by atoms with van der Waals surface area (Å²) in [6.07, 6.45) is 0.521. The minimum absolute atomic E-state index is 0. The molecule has 0 aromatic rings. The van der Waals surface area contributed by atoms with E-state index in [0.29, 0.717) is 25.9 Å². The second-order valence-corrected chi connectivity index (χ2v) is 5.06. The monoisotopic (exact) mass is 251 g/mol. The van der Waals surface area contributed by atoms with E-state index in [4.69, 9.17) is 4.74 Å². The standard InChI is InChI=1S/C11H19NO4.Na/c1-11(2,3)16-10(15)12-6-4-8(5-7-12)9(13)14;/h8H,4-7H2,1-3H3,(H,13,14);/q;+1/p-1. The molecule has 17 heavy (non-hydrogen) atoms. The Hall–Kier alpha value is -0.260. The molecule has 92 valence electrons. The van der Waals surface area contributed by atoms with Crippen LogP contribution in [-0.4, -0.2) is 35.7 Å². The van der Waals surface area contributed by atoms with Gasteiger partial charge in [-0.1, -0.05) is 0 Å². The van der Waals surface area contributed by atoms with Crippen molar-refractivity contribution in [3.8, 4) is 0 Å². The zero-order valence-electron chi connectivity index (χ0n) is 11.0. The molecule has 1 amide bonds. The summed E-state index contributed by atoms with van der Waals surface area (Å²) in [5.74, 6) is -1.46. The summed E-state index contributed by atoms with van der Waals surface area (Å²) in [5, 5.41) is 10.6. The maximum atomic E-state index is 11.6. The third kappa shape index (κ3) is 5.75. The SMILES string of the molecule is CC(C)(C)OC(=O)N1CCC(C(=O)[O-])CC1.[Na+]. The first-order valence-corrected chi connectivity index (χ1v) is 5.48. The van der Waals surface area contributed by atoms with Crippen LogP contribution in [0.4, 0.5) is 4.79 Å². The molecule has 0 radical (unpaired) electrons. The molecule has 5 nitrogen and oxygen atoms in total. The topological polar surface area (TPSA) is 69.7 Å². The number of amides is 1. The van der Waals surface area contributed by atoms with Crippen LogP contribution in [0.15, 0.2) is 0 Å². The Morgan fingerprint density at radius 1 is 1.24 bits per heavy atom. The summed E-state index contributed by atoms with van der Waals surface area (Å²) in [5.41, 5.74) is -0.512. The summed E-state index contributed by atoms with van der Waals surface area (Å²) in [6.45, 7) is 6.26. The largest absolute Gasteiger partial charge is 1.00 e. The van der Waals surface area contributed by atoms with Gasteiger partial charge in [-0.3, -0.25) is 0 Å². The Kier molecular flexibility index (Phi) is 6.51. The van der Waals surface area contributed by atoms with Crippen molar-refractivity contribution in [2.45, 2.75) is 39.2 Å². The van der Waals surface area contributed by atoms with Crippen LogP contribution in [-0.2, 0) is 9.53 Å². The molecule has 0 aromatic heterocycles. The fraction of sp³-hybridized carbons (Fsp3) is 0.818. The Bertz CT molecular complexity index is 280. The van der Waals surface area contributed by atoms with Gasteiger partial charge in [0, 0.05) is 25.0 Å². The van der Waals surface area contributed by atoms with Crippen molar-refractivity contribution in [3.05, 3.63) is 0 Å². The van der Waals surface area contributed by atoms with Crippen LogP contribution in [0.2, 0.25) is 0 Å². The van der Waals surface area contributed by atoms with E-state index < -0.39 is 17.5 Å². The number of hydrogen-bond donors (Lipinski definition) is 0. The van der Waals surface area contributed by atoms with Crippen molar-refractivity contribution < 1.29 is 49.0 Å². The van der Waals surface area contributed by atoms with Gasteiger partial charge in [-0.25, -0.2) is 4.79 Å². The minimum atomic E-state index is -1.02. The van der Waals surface area contributed by atoms with Gasteiger partial charge in [0.25, 0.3) is 0 Å². The molecular formula is C11H18NNaO4. The van der Waals surface area contributed by atoms with Crippen LogP contribution in [0.25, 0.3) is 0 Å². The molecule has 1 fully saturated rings. The van der Waals surface area contributed by atoms with Crippen molar-refractivity contribution >= 4 is 12.1 Å². The third-order valence-electron chi connectivity index (χ3n) is 2.48. The van der Waals surface area contributed by atoms with Crippen LogP contribution >= 0.6 is 0 Å². The quantitative estimate of drug-likeness (QED) is 0.479. The average Bonchev–Trinajstić information content (AvgIpc) is 2.15. The summed E-state index contributed by atoms with van der Waals surface area (Å²) in [7, 11) is 0. The minimum Gasteiger partial charge on any atom is -0.550 e. The second-order valence-electron chi connectivity index (χ2n) is 5.06. The molecule has 0 aromatic carbocycles. The maximum absolute atomic E-state index is 11.6. The van der Waals surface area contributed by atoms with E-state index in [1.807, 2.05) is 0 Å². The molecular weight excluding hydrogens is 233 g/mol. The molecule has 0 atom stereocenters. The Morgan fingerprint density at radius 3 is 2.06 bits per heavy atom. The number of likely N-dealkylation sites (tertiary alicyclic amines) is 1. The molecule has 0 unspecified atom stereocenters. The van der Waals surface area contributed by atoms with Crippen molar-refractivity contribution in [2.75, 3.05) is 13.1 Å². The summed E-state index contributed by atoms with van der Waals surface area (Å²) < 4.78 is 5.20. The van der Waals surface area contributed by atoms with E-state index in [1.165, 1.54) is 0 Å². The van der Waals surface area contributed by atoms with E-state index in [2.05, 4.69) is 0 Å². The number of carbonyl (C=O) groups is 2. The van der Waals surface area contributed by atoms with Crippen LogP contribution in [0, 0.1) is 5.92 Å². The smallest absolute Gasteiger partial charge is 0.550 e. The molecule has 1 saturated heterocycles. The van der Waals surface area contributed by atoms with E-state index in [0.717, 1.165) is 0 Å². The molecule has 1 heterocycles. The second kappa shape index (κ2) is 6.61. The van der Waals surface area contributed by atoms with Crippen LogP contribution in [0.3, 0.4) is 0 Å². The maximum Gasteiger partial charge on any atom is 1.00 e. The van der Waals surface area contributed by atoms with Crippen LogP contribution in [0.1, 0.15) is 33.6 Å². The number of carboxylic acid groups (broad SMARTS) is 1. The van der Waals surface area contributed by atoms with Gasteiger partial charge in [-0.05, 0) is 33.6 Å². The molecule has 0 N–H and O–H groups in total. The molecule has 0 aliphatic carbocycles. The van der Waals surface area contributed by atoms with E-state index >= 15 is 0 Å². The van der Waals surface area contributed by atoms with Gasteiger partial charge >= 0.3 is 35.7 Å². The first-order valence-electron chi connectivity index (χ1n) is 5.48. The van der Waals surface area contributed by atoms with Crippen LogP contribution in [0.5, 0.6) is 0 Å². The number of carbonyl (C=O) groups excluding carboxylic acids is 2. The first kappa shape index (κ1) is 16.7. The fourth-order valence-corrected chi connectivity index (χ4v) is 1.62. The normalized spacial score (nSPS) is 17.2. The van der Waals surface area contributed by atoms with E-state index in [-0.39, 0.29) is 35.7 Å². The third-order valence-corrected chi connectivity index (χ3v) is 2.48. The molecule has 0 bridgehead atoms. The Balaban J connectivity index is 0.00000256. The number of piperidine rings is 1. The van der Waals surface area contributed by atoms with E-state index in [1.54, 1.807) is 25.7 Å². The predicted octanol–water partition coefficient (Wildman–Crippen LogP) is -2.61. The number of nitrogens with zero attached hydrogens (tertiary/aromatic N) is 1. The summed E-state index contributed by atoms with van der Waals surface area (Å²) in [4.78, 5) is 23.8. The molecule has 6 heteroatoms. The average molecular weight is 251 g/mol.